The summed E-state index contributed by atoms with van der Waals surface area (Å²) in [5, 5.41) is 3.07. The summed E-state index contributed by atoms with van der Waals surface area (Å²) in [4.78, 5) is 28.7. The number of nitrogens with one attached hydrogen (secondary N) is 2. The Morgan fingerprint density at radius 1 is 1.16 bits per heavy atom. The molecule has 9 heteroatoms. The van der Waals surface area contributed by atoms with Gasteiger partial charge >= 0.3 is 5.97 Å². The SMILES string of the molecule is CC(NC(=O)COC(=O)CN=C1NS(=O)(=O)c2ccccc21)C12CC3CC(CC(C3)C1)C2. The summed E-state index contributed by atoms with van der Waals surface area (Å²) >= 11 is 0. The number of hydrogen-bond donors (Lipinski definition) is 2. The molecule has 8 nitrogen and oxygen atoms in total. The van der Waals surface area contributed by atoms with Gasteiger partial charge in [0.25, 0.3) is 15.9 Å². The van der Waals surface area contributed by atoms with Crippen LogP contribution in [0.3, 0.4) is 0 Å². The van der Waals surface area contributed by atoms with E-state index >= 15 is 0 Å². The zero-order chi connectivity index (χ0) is 22.5. The number of sulfonamides is 1. The Labute approximate surface area is 188 Å². The zero-order valence-electron chi connectivity index (χ0n) is 18.2. The van der Waals surface area contributed by atoms with Crippen LogP contribution < -0.4 is 10.0 Å². The van der Waals surface area contributed by atoms with Gasteiger partial charge in [-0.3, -0.25) is 19.3 Å². The molecule has 1 amide bonds. The Morgan fingerprint density at radius 3 is 2.44 bits per heavy atom. The van der Waals surface area contributed by atoms with Crippen LogP contribution in [0.25, 0.3) is 0 Å². The van der Waals surface area contributed by atoms with Crippen LogP contribution in [0, 0.1) is 23.2 Å². The van der Waals surface area contributed by atoms with E-state index < -0.39 is 16.0 Å². The van der Waals surface area contributed by atoms with Crippen LogP contribution in [0.5, 0.6) is 0 Å². The van der Waals surface area contributed by atoms with E-state index in [0.29, 0.717) is 5.56 Å². The quantitative estimate of drug-likeness (QED) is 0.632. The Bertz CT molecular complexity index is 1050. The number of nitrogens with zero attached hydrogens (tertiary/aromatic N) is 1. The van der Waals surface area contributed by atoms with Crippen LogP contribution in [0.2, 0.25) is 0 Å². The number of carbonyl (C=O) groups is 2. The number of ether oxygens (including phenoxy) is 1. The predicted octanol–water partition coefficient (Wildman–Crippen LogP) is 1.99. The average Bonchev–Trinajstić information content (AvgIpc) is 3.00. The Balaban J connectivity index is 1.13. The van der Waals surface area contributed by atoms with Crippen molar-refractivity contribution in [3.05, 3.63) is 29.8 Å². The molecule has 6 rings (SSSR count). The van der Waals surface area contributed by atoms with E-state index in [-0.39, 0.29) is 41.2 Å². The first-order valence-corrected chi connectivity index (χ1v) is 12.8. The van der Waals surface area contributed by atoms with Crippen LogP contribution in [0.15, 0.2) is 34.2 Å². The predicted molar refractivity (Wildman–Crippen MR) is 117 cm³/mol. The Morgan fingerprint density at radius 2 is 1.78 bits per heavy atom. The van der Waals surface area contributed by atoms with E-state index in [9.17, 15) is 18.0 Å². The number of carbonyl (C=O) groups excluding carboxylic acids is 2. The lowest BCUT2D eigenvalue weighted by atomic mass is 9.48. The number of fused-ring (bicyclic) bond motifs is 1. The van der Waals surface area contributed by atoms with Crippen LogP contribution in [0.1, 0.15) is 51.0 Å². The van der Waals surface area contributed by atoms with E-state index in [0.717, 1.165) is 17.8 Å². The second-order valence-electron chi connectivity index (χ2n) is 10.00. The van der Waals surface area contributed by atoms with E-state index in [1.54, 1.807) is 18.2 Å². The minimum atomic E-state index is -3.66. The number of esters is 1. The standard InChI is InChI=1S/C23H29N3O5S/c1-14(23-9-15-6-16(10-23)8-17(7-15)11-23)25-20(27)13-31-21(28)12-24-22-18-4-2-3-5-19(18)32(29,30)26-22/h2-5,14-17H,6-13H2,1H3,(H,24,26)(H,25,27). The summed E-state index contributed by atoms with van der Waals surface area (Å²) in [7, 11) is -3.66. The fourth-order valence-electron chi connectivity index (χ4n) is 6.73. The molecule has 172 valence electrons. The number of rotatable bonds is 6. The first-order valence-electron chi connectivity index (χ1n) is 11.4. The van der Waals surface area contributed by atoms with Gasteiger partial charge in [0.2, 0.25) is 0 Å². The maximum atomic E-state index is 12.4. The number of amides is 1. The van der Waals surface area contributed by atoms with Gasteiger partial charge in [0.1, 0.15) is 12.4 Å². The van der Waals surface area contributed by atoms with Gasteiger partial charge in [0, 0.05) is 11.6 Å². The van der Waals surface area contributed by atoms with Crippen molar-refractivity contribution in [1.29, 1.82) is 0 Å². The van der Waals surface area contributed by atoms with Crippen molar-refractivity contribution in [2.75, 3.05) is 13.2 Å². The fourth-order valence-corrected chi connectivity index (χ4v) is 7.98. The molecule has 1 heterocycles. The van der Waals surface area contributed by atoms with Crippen molar-refractivity contribution < 1.29 is 22.7 Å². The topological polar surface area (TPSA) is 114 Å². The van der Waals surface area contributed by atoms with Gasteiger partial charge < -0.3 is 10.1 Å². The number of benzene rings is 1. The van der Waals surface area contributed by atoms with Crippen LogP contribution in [-0.4, -0.2) is 45.3 Å². The molecule has 0 radical (unpaired) electrons. The molecule has 5 aliphatic rings. The smallest absolute Gasteiger partial charge is 0.328 e. The molecule has 1 aromatic rings. The molecular weight excluding hydrogens is 430 g/mol. The third kappa shape index (κ3) is 3.91. The largest absolute Gasteiger partial charge is 0.454 e. The third-order valence-corrected chi connectivity index (χ3v) is 9.17. The van der Waals surface area contributed by atoms with E-state index in [4.69, 9.17) is 4.74 Å². The zero-order valence-corrected chi connectivity index (χ0v) is 19.0. The molecule has 1 unspecified atom stereocenters. The average molecular weight is 460 g/mol. The van der Waals surface area contributed by atoms with Crippen LogP contribution in [-0.2, 0) is 24.3 Å². The van der Waals surface area contributed by atoms with Gasteiger partial charge in [0.05, 0.1) is 4.90 Å². The molecule has 4 saturated carbocycles. The summed E-state index contributed by atoms with van der Waals surface area (Å²) < 4.78 is 31.6. The summed E-state index contributed by atoms with van der Waals surface area (Å²) in [6.07, 6.45) is 7.61. The minimum Gasteiger partial charge on any atom is -0.454 e. The maximum absolute atomic E-state index is 12.4. The van der Waals surface area contributed by atoms with Gasteiger partial charge in [-0.15, -0.1) is 0 Å². The lowest BCUT2D eigenvalue weighted by Crippen LogP contribution is -2.56. The van der Waals surface area contributed by atoms with Gasteiger partial charge in [-0.2, -0.15) is 0 Å². The number of amidine groups is 1. The van der Waals surface area contributed by atoms with Gasteiger partial charge in [-0.25, -0.2) is 8.42 Å². The molecule has 1 atom stereocenters. The van der Waals surface area contributed by atoms with Gasteiger partial charge in [0.15, 0.2) is 6.61 Å². The molecule has 0 saturated heterocycles. The molecule has 4 aliphatic carbocycles. The van der Waals surface area contributed by atoms with Crippen molar-refractivity contribution >= 4 is 27.7 Å². The highest BCUT2D eigenvalue weighted by Crippen LogP contribution is 2.61. The van der Waals surface area contributed by atoms with Crippen LogP contribution in [0.4, 0.5) is 0 Å². The van der Waals surface area contributed by atoms with Crippen molar-refractivity contribution in [2.45, 2.75) is 56.4 Å². The lowest BCUT2D eigenvalue weighted by molar-refractivity contribution is -0.148. The third-order valence-electron chi connectivity index (χ3n) is 7.77. The van der Waals surface area contributed by atoms with Gasteiger partial charge in [-0.1, -0.05) is 12.1 Å². The summed E-state index contributed by atoms with van der Waals surface area (Å²) in [6.45, 7) is 1.36. The van der Waals surface area contributed by atoms with Crippen molar-refractivity contribution in [1.82, 2.24) is 10.0 Å². The van der Waals surface area contributed by atoms with E-state index in [1.807, 2.05) is 0 Å². The second-order valence-corrected chi connectivity index (χ2v) is 11.6. The molecular formula is C23H29N3O5S. The van der Waals surface area contributed by atoms with E-state index in [2.05, 4.69) is 22.0 Å². The molecule has 0 spiro atoms. The highest BCUT2D eigenvalue weighted by atomic mass is 32.2. The molecule has 0 aromatic heterocycles. The van der Waals surface area contributed by atoms with Crippen molar-refractivity contribution in [2.24, 2.45) is 28.2 Å². The Hall–Kier alpha value is -2.42. The molecule has 1 aliphatic heterocycles. The normalized spacial score (nSPS) is 33.4. The van der Waals surface area contributed by atoms with E-state index in [1.165, 1.54) is 44.6 Å². The summed E-state index contributed by atoms with van der Waals surface area (Å²) in [6, 6.07) is 6.49. The summed E-state index contributed by atoms with van der Waals surface area (Å²) in [5.74, 6) is 1.53. The molecule has 32 heavy (non-hydrogen) atoms. The van der Waals surface area contributed by atoms with Crippen molar-refractivity contribution in [3.63, 3.8) is 0 Å². The van der Waals surface area contributed by atoms with Crippen molar-refractivity contribution in [3.8, 4) is 0 Å². The van der Waals surface area contributed by atoms with Crippen LogP contribution >= 0.6 is 0 Å². The monoisotopic (exact) mass is 459 g/mol. The van der Waals surface area contributed by atoms with Gasteiger partial charge in [-0.05, 0) is 80.8 Å². The second kappa shape index (κ2) is 7.86. The highest BCUT2D eigenvalue weighted by Gasteiger charge is 2.53. The fraction of sp³-hybridized carbons (Fsp3) is 0.609. The minimum absolute atomic E-state index is 0.0618. The first-order chi connectivity index (χ1) is 15.2. The number of hydrogen-bond acceptors (Lipinski definition) is 6. The molecule has 2 N–H and O–H groups in total. The maximum Gasteiger partial charge on any atom is 0.328 e. The summed E-state index contributed by atoms with van der Waals surface area (Å²) in [5.41, 5.74) is 0.607. The molecule has 4 fully saturated rings. The highest BCUT2D eigenvalue weighted by molar-refractivity contribution is 7.90. The molecule has 1 aromatic carbocycles. The lowest BCUT2D eigenvalue weighted by Gasteiger charge is -2.59. The molecule has 4 bridgehead atoms. The first kappa shape index (κ1) is 21.4. The Kier molecular flexibility index (Phi) is 5.27. The number of aliphatic imine (C=N–C) groups is 1.